The molecule has 7 heteroatoms. The molecule has 4 amide bonds. The molecule has 0 N–H and O–H groups in total. The second kappa shape index (κ2) is 8.34. The third-order valence-corrected chi connectivity index (χ3v) is 6.06. The number of aryl methyl sites for hydroxylation is 2. The molecule has 0 aliphatic carbocycles. The van der Waals surface area contributed by atoms with Crippen molar-refractivity contribution < 1.29 is 19.2 Å². The first kappa shape index (κ1) is 20.8. The third kappa shape index (κ3) is 3.95. The van der Waals surface area contributed by atoms with Crippen LogP contribution in [-0.2, 0) is 4.79 Å². The second-order valence-electron chi connectivity index (χ2n) is 8.07. The molecule has 1 fully saturated rings. The number of amides is 4. The highest BCUT2D eigenvalue weighted by atomic mass is 16.2. The molecule has 2 heterocycles. The van der Waals surface area contributed by atoms with Gasteiger partial charge in [0.1, 0.15) is 6.54 Å². The number of hydrogen-bond donors (Lipinski definition) is 0. The number of imide groups is 1. The lowest BCUT2D eigenvalue weighted by molar-refractivity contribution is -0.131. The molecule has 2 aromatic carbocycles. The van der Waals surface area contributed by atoms with Crippen molar-refractivity contribution in [3.63, 3.8) is 0 Å². The molecular weight excluding hydrogens is 394 g/mol. The number of carbonyl (C=O) groups is 4. The highest BCUT2D eigenvalue weighted by Crippen LogP contribution is 2.22. The minimum Gasteiger partial charge on any atom is -0.339 e. The SMILES string of the molecule is Cc1ccc(C(=O)N2CCCN(C(=O)CN3C(=O)c4ccccc4C3=O)CC2)cc1C. The van der Waals surface area contributed by atoms with Gasteiger partial charge < -0.3 is 9.80 Å². The maximum Gasteiger partial charge on any atom is 0.262 e. The summed E-state index contributed by atoms with van der Waals surface area (Å²) in [6.45, 7) is 5.54. The first-order valence-electron chi connectivity index (χ1n) is 10.5. The minimum absolute atomic E-state index is 0.0438. The van der Waals surface area contributed by atoms with Crippen molar-refractivity contribution in [2.75, 3.05) is 32.7 Å². The standard InChI is InChI=1S/C24H25N3O4/c1-16-8-9-18(14-17(16)2)22(29)26-11-5-10-25(12-13-26)21(28)15-27-23(30)19-6-3-4-7-20(19)24(27)31/h3-4,6-9,14H,5,10-13,15H2,1-2H3. The Morgan fingerprint density at radius 1 is 0.806 bits per heavy atom. The van der Waals surface area contributed by atoms with Crippen LogP contribution in [0.3, 0.4) is 0 Å². The highest BCUT2D eigenvalue weighted by Gasteiger charge is 2.37. The largest absolute Gasteiger partial charge is 0.339 e. The number of fused-ring (bicyclic) bond motifs is 1. The van der Waals surface area contributed by atoms with E-state index in [4.69, 9.17) is 0 Å². The molecule has 160 valence electrons. The number of benzene rings is 2. The zero-order chi connectivity index (χ0) is 22.1. The fourth-order valence-corrected chi connectivity index (χ4v) is 4.04. The van der Waals surface area contributed by atoms with E-state index in [0.717, 1.165) is 16.0 Å². The van der Waals surface area contributed by atoms with E-state index in [-0.39, 0.29) is 18.4 Å². The van der Waals surface area contributed by atoms with Crippen molar-refractivity contribution in [1.29, 1.82) is 0 Å². The topological polar surface area (TPSA) is 78.0 Å². The number of carbonyl (C=O) groups excluding carboxylic acids is 4. The molecule has 0 atom stereocenters. The molecule has 0 aromatic heterocycles. The van der Waals surface area contributed by atoms with E-state index >= 15 is 0 Å². The lowest BCUT2D eigenvalue weighted by atomic mass is 10.1. The Morgan fingerprint density at radius 3 is 2.06 bits per heavy atom. The summed E-state index contributed by atoms with van der Waals surface area (Å²) in [5.41, 5.74) is 3.52. The normalized spacial score (nSPS) is 16.4. The van der Waals surface area contributed by atoms with Gasteiger partial charge in [0, 0.05) is 31.7 Å². The first-order valence-corrected chi connectivity index (χ1v) is 10.5. The predicted molar refractivity (Wildman–Crippen MR) is 115 cm³/mol. The van der Waals surface area contributed by atoms with E-state index < -0.39 is 11.8 Å². The molecule has 0 unspecified atom stereocenters. The van der Waals surface area contributed by atoms with Crippen LogP contribution < -0.4 is 0 Å². The van der Waals surface area contributed by atoms with Crippen molar-refractivity contribution in [2.24, 2.45) is 0 Å². The van der Waals surface area contributed by atoms with Crippen LogP contribution >= 0.6 is 0 Å². The molecule has 0 radical (unpaired) electrons. The summed E-state index contributed by atoms with van der Waals surface area (Å²) in [4.78, 5) is 55.2. The summed E-state index contributed by atoms with van der Waals surface area (Å²) in [6, 6.07) is 12.3. The number of hydrogen-bond acceptors (Lipinski definition) is 4. The van der Waals surface area contributed by atoms with E-state index in [9.17, 15) is 19.2 Å². The van der Waals surface area contributed by atoms with Gasteiger partial charge in [-0.1, -0.05) is 18.2 Å². The van der Waals surface area contributed by atoms with E-state index in [1.165, 1.54) is 0 Å². The lowest BCUT2D eigenvalue weighted by Gasteiger charge is -2.24. The van der Waals surface area contributed by atoms with E-state index in [1.54, 1.807) is 34.1 Å². The van der Waals surface area contributed by atoms with Gasteiger partial charge in [0.05, 0.1) is 11.1 Å². The van der Waals surface area contributed by atoms with Crippen LogP contribution in [0.5, 0.6) is 0 Å². The quantitative estimate of drug-likeness (QED) is 0.715. The van der Waals surface area contributed by atoms with Gasteiger partial charge in [0.25, 0.3) is 17.7 Å². The summed E-state index contributed by atoms with van der Waals surface area (Å²) in [6.07, 6.45) is 0.643. The molecule has 0 saturated carbocycles. The maximum atomic E-state index is 12.9. The molecule has 2 aromatic rings. The average molecular weight is 419 g/mol. The maximum absolute atomic E-state index is 12.9. The first-order chi connectivity index (χ1) is 14.9. The van der Waals surface area contributed by atoms with Crippen LogP contribution in [0.4, 0.5) is 0 Å². The van der Waals surface area contributed by atoms with Crippen molar-refractivity contribution in [2.45, 2.75) is 20.3 Å². The predicted octanol–water partition coefficient (Wildman–Crippen LogP) is 2.27. The summed E-state index contributed by atoms with van der Waals surface area (Å²) >= 11 is 0. The van der Waals surface area contributed by atoms with Crippen molar-refractivity contribution >= 4 is 23.6 Å². The summed E-state index contributed by atoms with van der Waals surface area (Å²) in [7, 11) is 0. The van der Waals surface area contributed by atoms with Crippen molar-refractivity contribution in [3.05, 3.63) is 70.3 Å². The molecule has 0 bridgehead atoms. The Labute approximate surface area is 181 Å². The summed E-state index contributed by atoms with van der Waals surface area (Å²) < 4.78 is 0. The molecule has 4 rings (SSSR count). The number of rotatable bonds is 3. The van der Waals surface area contributed by atoms with Crippen LogP contribution in [0, 0.1) is 13.8 Å². The Morgan fingerprint density at radius 2 is 1.42 bits per heavy atom. The van der Waals surface area contributed by atoms with Crippen LogP contribution in [0.1, 0.15) is 48.6 Å². The highest BCUT2D eigenvalue weighted by molar-refractivity contribution is 6.22. The zero-order valence-electron chi connectivity index (χ0n) is 17.8. The molecule has 2 aliphatic rings. The summed E-state index contributed by atoms with van der Waals surface area (Å²) in [5.74, 6) is -1.20. The fourth-order valence-electron chi connectivity index (χ4n) is 4.04. The van der Waals surface area contributed by atoms with Gasteiger partial charge in [-0.25, -0.2) is 0 Å². The molecule has 7 nitrogen and oxygen atoms in total. The van der Waals surface area contributed by atoms with Gasteiger partial charge in [-0.05, 0) is 55.7 Å². The zero-order valence-corrected chi connectivity index (χ0v) is 17.8. The van der Waals surface area contributed by atoms with Gasteiger partial charge in [0.2, 0.25) is 5.91 Å². The van der Waals surface area contributed by atoms with E-state index in [0.29, 0.717) is 49.3 Å². The van der Waals surface area contributed by atoms with E-state index in [2.05, 4.69) is 0 Å². The Bertz CT molecular complexity index is 1040. The smallest absolute Gasteiger partial charge is 0.262 e. The summed E-state index contributed by atoms with van der Waals surface area (Å²) in [5, 5.41) is 0. The van der Waals surface area contributed by atoms with Crippen LogP contribution in [0.15, 0.2) is 42.5 Å². The fraction of sp³-hybridized carbons (Fsp3) is 0.333. The van der Waals surface area contributed by atoms with E-state index in [1.807, 2.05) is 32.0 Å². The average Bonchev–Trinajstić information content (AvgIpc) is 2.94. The van der Waals surface area contributed by atoms with Crippen LogP contribution in [0.25, 0.3) is 0 Å². The molecule has 31 heavy (non-hydrogen) atoms. The molecule has 1 saturated heterocycles. The molecule has 0 spiro atoms. The van der Waals surface area contributed by atoms with Crippen LogP contribution in [-0.4, -0.2) is 71.1 Å². The lowest BCUT2D eigenvalue weighted by Crippen LogP contribution is -2.44. The molecule has 2 aliphatic heterocycles. The third-order valence-electron chi connectivity index (χ3n) is 6.06. The molecular formula is C24H25N3O4. The van der Waals surface area contributed by atoms with Gasteiger partial charge in [-0.15, -0.1) is 0 Å². The Hall–Kier alpha value is -3.48. The monoisotopic (exact) mass is 419 g/mol. The van der Waals surface area contributed by atoms with Gasteiger partial charge in [-0.2, -0.15) is 0 Å². The Kier molecular flexibility index (Phi) is 5.59. The Balaban J connectivity index is 1.39. The van der Waals surface area contributed by atoms with Crippen molar-refractivity contribution in [3.8, 4) is 0 Å². The number of nitrogens with zero attached hydrogens (tertiary/aromatic N) is 3. The van der Waals surface area contributed by atoms with Crippen LogP contribution in [0.2, 0.25) is 0 Å². The van der Waals surface area contributed by atoms with Gasteiger partial charge in [-0.3, -0.25) is 24.1 Å². The second-order valence-corrected chi connectivity index (χ2v) is 8.07. The van der Waals surface area contributed by atoms with Gasteiger partial charge in [0.15, 0.2) is 0 Å². The van der Waals surface area contributed by atoms with Gasteiger partial charge >= 0.3 is 0 Å². The van der Waals surface area contributed by atoms with Crippen molar-refractivity contribution in [1.82, 2.24) is 14.7 Å². The minimum atomic E-state index is -0.435.